The topological polar surface area (TPSA) is 118 Å². The van der Waals surface area contributed by atoms with E-state index in [1.165, 1.54) is 0 Å². The van der Waals surface area contributed by atoms with Crippen LogP contribution in [0.4, 0.5) is 0 Å². The maximum absolute atomic E-state index is 13.7. The van der Waals surface area contributed by atoms with Crippen molar-refractivity contribution in [2.75, 3.05) is 13.1 Å². The van der Waals surface area contributed by atoms with Crippen molar-refractivity contribution in [1.82, 2.24) is 15.2 Å². The molecular weight excluding hydrogens is 504 g/mol. The normalized spacial score (nSPS) is 17.4. The zero-order valence-corrected chi connectivity index (χ0v) is 22.8. The summed E-state index contributed by atoms with van der Waals surface area (Å²) in [6, 6.07) is 12.8. The number of benzene rings is 2. The van der Waals surface area contributed by atoms with E-state index in [0.29, 0.717) is 50.1 Å². The number of nitrogens with two attached hydrogens (primary N) is 1. The van der Waals surface area contributed by atoms with Gasteiger partial charge >= 0.3 is 0 Å². The molecule has 3 aromatic rings. The average Bonchev–Trinajstić information content (AvgIpc) is 3.26. The lowest BCUT2D eigenvalue weighted by Gasteiger charge is -2.44. The number of nitrogens with zero attached hydrogens (tertiary/aromatic N) is 1. The summed E-state index contributed by atoms with van der Waals surface area (Å²) in [6.07, 6.45) is 3.63. The summed E-state index contributed by atoms with van der Waals surface area (Å²) in [5.74, 6) is 0.166. The minimum Gasteiger partial charge on any atom is -0.486 e. The molecular formula is C29H35ClN4O4. The molecule has 4 N–H and O–H groups in total. The Hall–Kier alpha value is -3.36. The number of carbonyl (C=O) groups is 3. The number of aryl methyl sites for hydroxylation is 1. The van der Waals surface area contributed by atoms with Gasteiger partial charge in [-0.25, -0.2) is 0 Å². The van der Waals surface area contributed by atoms with Crippen LogP contribution >= 0.6 is 12.4 Å². The Labute approximate surface area is 228 Å². The molecule has 2 aliphatic rings. The molecule has 0 aliphatic carbocycles. The number of ketones is 1. The maximum Gasteiger partial charge on any atom is 0.245 e. The molecule has 0 saturated carbocycles. The van der Waals surface area contributed by atoms with Crippen molar-refractivity contribution in [2.45, 2.75) is 63.6 Å². The zero-order chi connectivity index (χ0) is 26.4. The van der Waals surface area contributed by atoms with Crippen LogP contribution < -0.4 is 15.8 Å². The van der Waals surface area contributed by atoms with Crippen LogP contribution in [-0.2, 0) is 16.0 Å². The monoisotopic (exact) mass is 538 g/mol. The second kappa shape index (κ2) is 10.4. The number of nitrogens with one attached hydrogen (secondary N) is 2. The van der Waals surface area contributed by atoms with E-state index in [1.807, 2.05) is 55.6 Å². The molecule has 0 radical (unpaired) electrons. The SMILES string of the molecule is Cc1ccc2c(c1)C(=O)CC1(CCN(C(=O)[C@@H](Cc3c[nH]c4ccccc34)NC(=O)C(C)(C)N)CC1)O2.Cl. The molecule has 38 heavy (non-hydrogen) atoms. The molecule has 1 saturated heterocycles. The first-order chi connectivity index (χ1) is 17.5. The highest BCUT2D eigenvalue weighted by molar-refractivity contribution is 6.00. The Morgan fingerprint density at radius 3 is 2.61 bits per heavy atom. The zero-order valence-electron chi connectivity index (χ0n) is 22.0. The number of amides is 2. The second-order valence-electron chi connectivity index (χ2n) is 11.0. The van der Waals surface area contributed by atoms with Crippen LogP contribution in [0.2, 0.25) is 0 Å². The van der Waals surface area contributed by atoms with Crippen molar-refractivity contribution in [3.63, 3.8) is 0 Å². The van der Waals surface area contributed by atoms with Gasteiger partial charge in [-0.2, -0.15) is 0 Å². The molecule has 1 atom stereocenters. The van der Waals surface area contributed by atoms with E-state index in [2.05, 4.69) is 10.3 Å². The fourth-order valence-electron chi connectivity index (χ4n) is 5.31. The number of likely N-dealkylation sites (tertiary alicyclic amines) is 1. The third-order valence-corrected chi connectivity index (χ3v) is 7.52. The van der Waals surface area contributed by atoms with Gasteiger partial charge in [0.25, 0.3) is 0 Å². The van der Waals surface area contributed by atoms with Crippen molar-refractivity contribution in [1.29, 1.82) is 0 Å². The third kappa shape index (κ3) is 5.42. The Morgan fingerprint density at radius 2 is 1.89 bits per heavy atom. The van der Waals surface area contributed by atoms with E-state index in [1.54, 1.807) is 18.7 Å². The van der Waals surface area contributed by atoms with Gasteiger partial charge in [0, 0.05) is 49.5 Å². The summed E-state index contributed by atoms with van der Waals surface area (Å²) in [5.41, 5.74) is 7.89. The van der Waals surface area contributed by atoms with Crippen LogP contribution in [0.5, 0.6) is 5.75 Å². The van der Waals surface area contributed by atoms with Gasteiger partial charge in [-0.15, -0.1) is 12.4 Å². The Bertz CT molecular complexity index is 1370. The van der Waals surface area contributed by atoms with Gasteiger partial charge in [0.1, 0.15) is 17.4 Å². The van der Waals surface area contributed by atoms with Crippen molar-refractivity contribution >= 4 is 40.9 Å². The number of piperidine rings is 1. The molecule has 1 fully saturated rings. The van der Waals surface area contributed by atoms with E-state index >= 15 is 0 Å². The fraction of sp³-hybridized carbons (Fsp3) is 0.414. The highest BCUT2D eigenvalue weighted by Gasteiger charge is 2.44. The summed E-state index contributed by atoms with van der Waals surface area (Å²) in [7, 11) is 0. The number of aromatic nitrogens is 1. The summed E-state index contributed by atoms with van der Waals surface area (Å²) in [5, 5.41) is 3.91. The fourth-order valence-corrected chi connectivity index (χ4v) is 5.31. The summed E-state index contributed by atoms with van der Waals surface area (Å²) < 4.78 is 6.37. The lowest BCUT2D eigenvalue weighted by Crippen LogP contribution is -2.59. The lowest BCUT2D eigenvalue weighted by molar-refractivity contribution is -0.140. The number of ether oxygens (including phenoxy) is 1. The van der Waals surface area contributed by atoms with Crippen LogP contribution in [0.15, 0.2) is 48.7 Å². The van der Waals surface area contributed by atoms with Crippen molar-refractivity contribution < 1.29 is 19.1 Å². The molecule has 202 valence electrons. The molecule has 8 nitrogen and oxygen atoms in total. The van der Waals surface area contributed by atoms with E-state index in [0.717, 1.165) is 22.0 Å². The molecule has 2 aliphatic heterocycles. The molecule has 0 bridgehead atoms. The number of Topliss-reactive ketones (excluding diaryl/α,β-unsaturated/α-hetero) is 1. The average molecular weight is 539 g/mol. The van der Waals surface area contributed by atoms with Crippen molar-refractivity contribution in [2.24, 2.45) is 5.73 Å². The minimum atomic E-state index is -1.12. The number of rotatable bonds is 5. The number of aromatic amines is 1. The van der Waals surface area contributed by atoms with Crippen LogP contribution in [0.3, 0.4) is 0 Å². The molecule has 3 heterocycles. The lowest BCUT2D eigenvalue weighted by atomic mass is 9.82. The number of halogens is 1. The van der Waals surface area contributed by atoms with Gasteiger partial charge in [-0.3, -0.25) is 14.4 Å². The maximum atomic E-state index is 13.7. The van der Waals surface area contributed by atoms with Gasteiger partial charge < -0.3 is 25.7 Å². The van der Waals surface area contributed by atoms with Crippen LogP contribution in [0.1, 0.15) is 54.6 Å². The van der Waals surface area contributed by atoms with Crippen LogP contribution in [0, 0.1) is 6.92 Å². The molecule has 1 aromatic heterocycles. The van der Waals surface area contributed by atoms with E-state index < -0.39 is 17.2 Å². The Balaban J connectivity index is 0.00000336. The minimum absolute atomic E-state index is 0. The van der Waals surface area contributed by atoms with Crippen LogP contribution in [-0.4, -0.2) is 57.8 Å². The van der Waals surface area contributed by atoms with E-state index in [-0.39, 0.29) is 30.0 Å². The standard InChI is InChI=1S/C29H34N4O4.ClH/c1-18-8-9-25-21(14-18)24(34)16-29(37-25)10-12-33(13-11-29)26(35)23(32-27(36)28(2,3)30)15-19-17-31-22-7-5-4-6-20(19)22;/h4-9,14,17,23,31H,10-13,15-16,30H2,1-3H3,(H,32,36);1H/t23-;/m1./s1. The summed E-state index contributed by atoms with van der Waals surface area (Å²) in [4.78, 5) is 44.5. The van der Waals surface area contributed by atoms with E-state index in [9.17, 15) is 14.4 Å². The smallest absolute Gasteiger partial charge is 0.245 e. The summed E-state index contributed by atoms with van der Waals surface area (Å²) >= 11 is 0. The predicted molar refractivity (Wildman–Crippen MR) is 149 cm³/mol. The Morgan fingerprint density at radius 1 is 1.18 bits per heavy atom. The second-order valence-corrected chi connectivity index (χ2v) is 11.0. The van der Waals surface area contributed by atoms with Crippen molar-refractivity contribution in [3.05, 3.63) is 65.4 Å². The number of H-pyrrole nitrogens is 1. The molecule has 9 heteroatoms. The molecule has 2 aromatic carbocycles. The number of hydrogen-bond acceptors (Lipinski definition) is 5. The number of hydrogen-bond donors (Lipinski definition) is 3. The highest BCUT2D eigenvalue weighted by Crippen LogP contribution is 2.39. The first-order valence-electron chi connectivity index (χ1n) is 12.8. The quantitative estimate of drug-likeness (QED) is 0.458. The number of para-hydroxylation sites is 1. The number of fused-ring (bicyclic) bond motifs is 2. The van der Waals surface area contributed by atoms with Crippen molar-refractivity contribution in [3.8, 4) is 5.75 Å². The van der Waals surface area contributed by atoms with E-state index in [4.69, 9.17) is 10.5 Å². The van der Waals surface area contributed by atoms with Crippen LogP contribution in [0.25, 0.3) is 10.9 Å². The van der Waals surface area contributed by atoms with Gasteiger partial charge in [-0.1, -0.05) is 29.8 Å². The highest BCUT2D eigenvalue weighted by atomic mass is 35.5. The molecule has 0 unspecified atom stereocenters. The van der Waals surface area contributed by atoms with Gasteiger partial charge in [0.2, 0.25) is 11.8 Å². The predicted octanol–water partition coefficient (Wildman–Crippen LogP) is 3.69. The molecule has 5 rings (SSSR count). The largest absolute Gasteiger partial charge is 0.486 e. The van der Waals surface area contributed by atoms with Gasteiger partial charge in [0.05, 0.1) is 17.5 Å². The third-order valence-electron chi connectivity index (χ3n) is 7.52. The number of carbonyl (C=O) groups excluding carboxylic acids is 3. The van der Waals surface area contributed by atoms with Gasteiger partial charge in [-0.05, 0) is 44.5 Å². The molecule has 1 spiro atoms. The summed E-state index contributed by atoms with van der Waals surface area (Å²) in [6.45, 7) is 6.09. The van der Waals surface area contributed by atoms with Gasteiger partial charge in [0.15, 0.2) is 5.78 Å². The Kier molecular flexibility index (Phi) is 7.59. The molecule has 2 amide bonds. The first-order valence-corrected chi connectivity index (χ1v) is 12.8. The first kappa shape index (κ1) is 27.7.